The summed E-state index contributed by atoms with van der Waals surface area (Å²) in [5, 5.41) is 0. The molecular weight excluding hydrogens is 534 g/mol. The molecule has 0 heterocycles. The van der Waals surface area contributed by atoms with Crippen molar-refractivity contribution in [1.82, 2.24) is 0 Å². The van der Waals surface area contributed by atoms with Gasteiger partial charge in [0.25, 0.3) is 0 Å². The SMILES string of the molecule is CCCCCCCCCCCCCCCC[N+](C)(C)C.CCC[N+](C)(C)Cc1ccccc1.C[N+](C)(C)Cc1ccccc1. The highest BCUT2D eigenvalue weighted by Crippen LogP contribution is 2.13. The third-order valence-electron chi connectivity index (χ3n) is 7.96. The summed E-state index contributed by atoms with van der Waals surface area (Å²) in [6, 6.07) is 21.3. The van der Waals surface area contributed by atoms with Crippen molar-refractivity contribution in [3.8, 4) is 0 Å². The van der Waals surface area contributed by atoms with Crippen molar-refractivity contribution in [3.63, 3.8) is 0 Å². The number of hydrogen-bond acceptors (Lipinski definition) is 0. The van der Waals surface area contributed by atoms with Gasteiger partial charge in [-0.1, -0.05) is 152 Å². The largest absolute Gasteiger partial charge is 0.331 e. The summed E-state index contributed by atoms with van der Waals surface area (Å²) >= 11 is 0. The van der Waals surface area contributed by atoms with Crippen molar-refractivity contribution in [2.75, 3.05) is 69.5 Å². The molecule has 2 aromatic carbocycles. The molecule has 2 aromatic rings. The first kappa shape index (κ1) is 42.3. The van der Waals surface area contributed by atoms with Crippen LogP contribution >= 0.6 is 0 Å². The van der Waals surface area contributed by atoms with E-state index in [0.29, 0.717) is 0 Å². The Balaban J connectivity index is 0.000000664. The van der Waals surface area contributed by atoms with Crippen molar-refractivity contribution in [2.24, 2.45) is 0 Å². The summed E-state index contributed by atoms with van der Waals surface area (Å²) in [4.78, 5) is 0. The Morgan fingerprint density at radius 2 is 0.727 bits per heavy atom. The van der Waals surface area contributed by atoms with E-state index in [2.05, 4.69) is 131 Å². The molecule has 0 aromatic heterocycles. The zero-order valence-corrected chi connectivity index (χ0v) is 31.6. The molecule has 0 atom stereocenters. The van der Waals surface area contributed by atoms with E-state index in [1.165, 1.54) is 121 Å². The van der Waals surface area contributed by atoms with Gasteiger partial charge in [0, 0.05) is 11.1 Å². The summed E-state index contributed by atoms with van der Waals surface area (Å²) < 4.78 is 3.20. The third-order valence-corrected chi connectivity index (χ3v) is 7.96. The highest BCUT2D eigenvalue weighted by atomic mass is 15.3. The van der Waals surface area contributed by atoms with E-state index in [9.17, 15) is 0 Å². The Kier molecular flexibility index (Phi) is 24.5. The second-order valence-electron chi connectivity index (χ2n) is 15.8. The molecule has 0 aliphatic rings. The minimum absolute atomic E-state index is 0.990. The van der Waals surface area contributed by atoms with Crippen LogP contribution in [0.3, 0.4) is 0 Å². The molecule has 0 aliphatic heterocycles. The number of benzene rings is 2. The molecule has 0 unspecified atom stereocenters. The predicted molar refractivity (Wildman–Crippen MR) is 199 cm³/mol. The molecule has 2 rings (SSSR count). The number of nitrogens with zero attached hydrogens (tertiary/aromatic N) is 3. The first-order valence-corrected chi connectivity index (χ1v) is 18.3. The van der Waals surface area contributed by atoms with E-state index in [1.807, 2.05) is 0 Å². The third kappa shape index (κ3) is 30.4. The molecule has 3 nitrogen and oxygen atoms in total. The summed E-state index contributed by atoms with van der Waals surface area (Å²) in [5.74, 6) is 0. The van der Waals surface area contributed by atoms with Gasteiger partial charge in [0.05, 0.1) is 69.5 Å². The smallest absolute Gasteiger partial charge is 0.104 e. The Morgan fingerprint density at radius 3 is 1.07 bits per heavy atom. The van der Waals surface area contributed by atoms with Crippen LogP contribution in [0.5, 0.6) is 0 Å². The number of unbranched alkanes of at least 4 members (excludes halogenated alkanes) is 13. The molecule has 0 saturated heterocycles. The molecule has 3 heteroatoms. The maximum Gasteiger partial charge on any atom is 0.104 e. The fourth-order valence-electron chi connectivity index (χ4n) is 5.67. The zero-order valence-electron chi connectivity index (χ0n) is 31.6. The number of quaternary nitrogens is 3. The van der Waals surface area contributed by atoms with Gasteiger partial charge in [-0.3, -0.25) is 0 Å². The summed E-state index contributed by atoms with van der Waals surface area (Å²) in [6.45, 7) is 9.34. The highest BCUT2D eigenvalue weighted by Gasteiger charge is 2.13. The van der Waals surface area contributed by atoms with Crippen molar-refractivity contribution in [1.29, 1.82) is 0 Å². The second kappa shape index (κ2) is 25.5. The van der Waals surface area contributed by atoms with Crippen LogP contribution < -0.4 is 0 Å². The average molecular weight is 613 g/mol. The van der Waals surface area contributed by atoms with Crippen molar-refractivity contribution >= 4 is 0 Å². The van der Waals surface area contributed by atoms with Crippen LogP contribution in [-0.4, -0.2) is 82.9 Å². The molecule has 0 radical (unpaired) electrons. The van der Waals surface area contributed by atoms with E-state index >= 15 is 0 Å². The van der Waals surface area contributed by atoms with Gasteiger partial charge in [-0.05, 0) is 19.3 Å². The molecule has 0 fully saturated rings. The Bertz CT molecular complexity index is 862. The van der Waals surface area contributed by atoms with E-state index in [1.54, 1.807) is 0 Å². The molecule has 0 saturated carbocycles. The first-order valence-electron chi connectivity index (χ1n) is 18.3. The monoisotopic (exact) mass is 613 g/mol. The molecule has 44 heavy (non-hydrogen) atoms. The molecule has 254 valence electrons. The van der Waals surface area contributed by atoms with E-state index < -0.39 is 0 Å². The van der Waals surface area contributed by atoms with Gasteiger partial charge in [0.15, 0.2) is 0 Å². The van der Waals surface area contributed by atoms with Crippen molar-refractivity contribution < 1.29 is 13.4 Å². The lowest BCUT2D eigenvalue weighted by Gasteiger charge is -2.29. The molecule has 0 N–H and O–H groups in total. The fraction of sp³-hybridized carbons (Fsp3) is 0.707. The van der Waals surface area contributed by atoms with Crippen LogP contribution in [0.4, 0.5) is 0 Å². The number of rotatable bonds is 21. The minimum Gasteiger partial charge on any atom is -0.331 e. The van der Waals surface area contributed by atoms with Gasteiger partial charge in [0.2, 0.25) is 0 Å². The molecule has 0 bridgehead atoms. The zero-order chi connectivity index (χ0) is 33.2. The quantitative estimate of drug-likeness (QED) is 0.0972. The van der Waals surface area contributed by atoms with Crippen LogP contribution in [0.2, 0.25) is 0 Å². The minimum atomic E-state index is 0.990. The van der Waals surface area contributed by atoms with Gasteiger partial charge in [0.1, 0.15) is 13.1 Å². The predicted octanol–water partition coefficient (Wildman–Crippen LogP) is 10.7. The summed E-state index contributed by atoms with van der Waals surface area (Å²) in [7, 11) is 18.1. The van der Waals surface area contributed by atoms with Crippen molar-refractivity contribution in [3.05, 3.63) is 71.8 Å². The second-order valence-corrected chi connectivity index (χ2v) is 15.8. The summed E-state index contributed by atoms with van der Waals surface area (Å²) in [6.07, 6.45) is 21.6. The van der Waals surface area contributed by atoms with Gasteiger partial charge >= 0.3 is 0 Å². The molecule has 0 amide bonds. The lowest BCUT2D eigenvalue weighted by atomic mass is 10.0. The van der Waals surface area contributed by atoms with Crippen LogP contribution in [-0.2, 0) is 13.1 Å². The standard InChI is InChI=1S/C19H42N.C12H20N.C10H16N/c1-5-6-7-8-9-10-11-12-13-14-15-16-17-18-19-20(2,3)4;1-4-10-13(2,3)11-12-8-6-5-7-9-12;1-11(2,3)9-10-7-5-4-6-8-10/h5-19H2,1-4H3;5-9H,4,10-11H2,1-3H3;4-8H,9H2,1-3H3/q3*+1. The normalized spacial score (nSPS) is 11.8. The van der Waals surface area contributed by atoms with E-state index in [0.717, 1.165) is 26.5 Å². The Morgan fingerprint density at radius 1 is 0.364 bits per heavy atom. The molecule has 0 aliphatic carbocycles. The number of hydrogen-bond donors (Lipinski definition) is 0. The first-order chi connectivity index (χ1) is 20.8. The van der Waals surface area contributed by atoms with Crippen LogP contribution in [0.25, 0.3) is 0 Å². The van der Waals surface area contributed by atoms with Gasteiger partial charge in [-0.25, -0.2) is 0 Å². The van der Waals surface area contributed by atoms with Crippen LogP contribution in [0.1, 0.15) is 121 Å². The Labute approximate surface area is 277 Å². The average Bonchev–Trinajstić information content (AvgIpc) is 2.93. The lowest BCUT2D eigenvalue weighted by Crippen LogP contribution is -2.39. The highest BCUT2D eigenvalue weighted by molar-refractivity contribution is 5.14. The Hall–Kier alpha value is -1.68. The van der Waals surface area contributed by atoms with Crippen molar-refractivity contribution in [2.45, 2.75) is 123 Å². The summed E-state index contributed by atoms with van der Waals surface area (Å²) in [5.41, 5.74) is 2.83. The molecule has 0 spiro atoms. The van der Waals surface area contributed by atoms with Gasteiger partial charge in [-0.15, -0.1) is 0 Å². The van der Waals surface area contributed by atoms with Crippen LogP contribution in [0.15, 0.2) is 60.7 Å². The van der Waals surface area contributed by atoms with Crippen LogP contribution in [0, 0.1) is 0 Å². The fourth-order valence-corrected chi connectivity index (χ4v) is 5.67. The maximum absolute atomic E-state index is 2.29. The van der Waals surface area contributed by atoms with E-state index in [-0.39, 0.29) is 0 Å². The maximum atomic E-state index is 2.29. The molecular formula is C41H78N3+3. The van der Waals surface area contributed by atoms with Gasteiger partial charge < -0.3 is 13.4 Å². The lowest BCUT2D eigenvalue weighted by molar-refractivity contribution is -0.903. The van der Waals surface area contributed by atoms with Gasteiger partial charge in [-0.2, -0.15) is 0 Å². The topological polar surface area (TPSA) is 0 Å². The van der Waals surface area contributed by atoms with E-state index in [4.69, 9.17) is 0 Å².